The standard InChI is InChI=1S/C35H50O9Si.C29H42O6.C29H36O6.C18H26O4.2CH4/c1-6-7-8-11-26-20-27(14-18-40-34(36)24(2)3)33(28(21-26)15-19-41-35(37)25(4)5)44-32-23-42-31-22-29(12-13-30(31)32)39-16-9-10-17-43-45-38;2*1-4-5-6-9-22-10-13-26(23(18-22)14-17-33-29(31)21(2)3)35-28-20-34-27-19-24(11-12-25(27)28)32-16-8-7-15-30;1-2-3-4-6-12-21-18-14-22-17-13-15(8-9-16(17)18)20-11-7-5-10-19;;/h12-13,22-23,26-28,33,45H,2,4,6-11,14-21H2,1,3,5H3;11-12,19-20,22-23,26,30H,2,4-10,13-18H2,1,3H3;10-13,18-20,30H,2,4-9,14-17H2,1,3H3;8-9,13-14,19H,2-7,10-12H2,1H3;2*1H4. The predicted molar refractivity (Wildman–Crippen MR) is 550 cm³/mol. The van der Waals surface area contributed by atoms with E-state index in [9.17, 15) is 23.6 Å². The second-order valence-corrected chi connectivity index (χ2v) is 36.6. The van der Waals surface area contributed by atoms with E-state index in [-0.39, 0.29) is 102 Å². The van der Waals surface area contributed by atoms with E-state index in [1.807, 2.05) is 78.9 Å². The van der Waals surface area contributed by atoms with E-state index >= 15 is 0 Å². The highest BCUT2D eigenvalue weighted by Crippen LogP contribution is 2.46. The van der Waals surface area contributed by atoms with Gasteiger partial charge in [0.15, 0.2) is 23.0 Å². The monoisotopic (exact) mass is 1950 g/mol. The summed E-state index contributed by atoms with van der Waals surface area (Å²) in [6.07, 6.45) is 39.5. The molecule has 3 N–H and O–H groups in total. The Hall–Kier alpha value is -10.8. The summed E-state index contributed by atoms with van der Waals surface area (Å²) in [5, 5.41) is 30.2. The van der Waals surface area contributed by atoms with Gasteiger partial charge in [0.25, 0.3) is 0 Å². The van der Waals surface area contributed by atoms with Gasteiger partial charge in [-0.05, 0) is 245 Å². The molecule has 25 nitrogen and oxygen atoms in total. The smallest absolute Gasteiger partial charge is 0.487 e. The molecule has 2 aliphatic rings. The van der Waals surface area contributed by atoms with Crippen molar-refractivity contribution >= 4 is 77.4 Å². The molecule has 2 saturated carbocycles. The average molecular weight is 1950 g/mol. The van der Waals surface area contributed by atoms with E-state index in [1.54, 1.807) is 52.7 Å². The molecule has 0 aliphatic heterocycles. The van der Waals surface area contributed by atoms with Crippen molar-refractivity contribution in [1.29, 1.82) is 0 Å². The van der Waals surface area contributed by atoms with Gasteiger partial charge in [-0.15, -0.1) is 0 Å². The topological polar surface area (TPSA) is 319 Å². The fourth-order valence-corrected chi connectivity index (χ4v) is 17.1. The van der Waals surface area contributed by atoms with E-state index in [4.69, 9.17) is 94.3 Å². The van der Waals surface area contributed by atoms with Gasteiger partial charge < -0.3 is 98.7 Å². The van der Waals surface area contributed by atoms with Crippen LogP contribution >= 0.6 is 0 Å². The molecule has 2 fully saturated rings. The van der Waals surface area contributed by atoms with Crippen LogP contribution in [0.5, 0.6) is 51.7 Å². The minimum Gasteiger partial charge on any atom is -0.526 e. The van der Waals surface area contributed by atoms with Crippen molar-refractivity contribution in [3.63, 3.8) is 0 Å². The van der Waals surface area contributed by atoms with Crippen LogP contribution in [0.2, 0.25) is 0 Å². The van der Waals surface area contributed by atoms with E-state index < -0.39 is 9.65 Å². The van der Waals surface area contributed by atoms with Gasteiger partial charge in [-0.2, -0.15) is 0 Å². The van der Waals surface area contributed by atoms with Crippen LogP contribution < -0.4 is 37.9 Å². The Morgan fingerprint density at radius 3 is 1.19 bits per heavy atom. The summed E-state index contributed by atoms with van der Waals surface area (Å²) < 4.78 is 109. The molecule has 0 amide bonds. The number of aliphatic hydroxyl groups is 3. The van der Waals surface area contributed by atoms with E-state index in [0.717, 1.165) is 183 Å². The summed E-state index contributed by atoms with van der Waals surface area (Å²) >= 11 is 0. The van der Waals surface area contributed by atoms with Gasteiger partial charge in [-0.25, -0.2) is 19.2 Å². The first-order chi connectivity index (χ1) is 66.6. The van der Waals surface area contributed by atoms with E-state index in [1.165, 1.54) is 76.2 Å². The second-order valence-electron chi connectivity index (χ2n) is 36.1. The molecular weight excluding hydrogens is 1790 g/mol. The van der Waals surface area contributed by atoms with Crippen LogP contribution in [0.25, 0.3) is 43.9 Å². The number of carbonyl (C=O) groups excluding carboxylic acids is 4. The molecule has 0 bridgehead atoms. The third-order valence-corrected chi connectivity index (χ3v) is 24.9. The van der Waals surface area contributed by atoms with Gasteiger partial charge in [0.05, 0.1) is 87.6 Å². The molecule has 9 aromatic rings. The number of carbonyl (C=O) groups is 4. The molecule has 139 heavy (non-hydrogen) atoms. The molecule has 4 aromatic heterocycles. The number of hydrogen-bond donors (Lipinski definition) is 3. The van der Waals surface area contributed by atoms with Crippen molar-refractivity contribution in [1.82, 2.24) is 0 Å². The number of aliphatic hydroxyl groups excluding tert-OH is 3. The molecule has 4 heterocycles. The van der Waals surface area contributed by atoms with E-state index in [0.29, 0.717) is 145 Å². The van der Waals surface area contributed by atoms with Crippen LogP contribution in [-0.2, 0) is 59.9 Å². The summed E-state index contributed by atoms with van der Waals surface area (Å²) in [6, 6.07) is 29.2. The third kappa shape index (κ3) is 41.5. The highest BCUT2D eigenvalue weighted by molar-refractivity contribution is 6.06. The van der Waals surface area contributed by atoms with Crippen LogP contribution in [0.15, 0.2) is 182 Å². The minimum absolute atomic E-state index is 0. The lowest BCUT2D eigenvalue weighted by atomic mass is 9.69. The van der Waals surface area contributed by atoms with Crippen LogP contribution in [0.1, 0.15) is 280 Å². The van der Waals surface area contributed by atoms with Crippen LogP contribution in [0, 0.1) is 29.6 Å². The molecule has 11 rings (SSSR count). The normalized spacial score (nSPS) is 15.8. The molecule has 26 heteroatoms. The molecule has 0 saturated heterocycles. The average Bonchev–Trinajstić information content (AvgIpc) is 1.75. The number of esters is 4. The highest BCUT2D eigenvalue weighted by Gasteiger charge is 2.40. The van der Waals surface area contributed by atoms with Crippen LogP contribution in [0.3, 0.4) is 0 Å². The third-order valence-electron chi connectivity index (χ3n) is 24.5. The van der Waals surface area contributed by atoms with Gasteiger partial charge >= 0.3 is 33.5 Å². The highest BCUT2D eigenvalue weighted by atomic mass is 28.2. The maximum Gasteiger partial charge on any atom is 0.487 e. The number of furan rings is 4. The van der Waals surface area contributed by atoms with Gasteiger partial charge in [0.2, 0.25) is 0 Å². The summed E-state index contributed by atoms with van der Waals surface area (Å²) in [5.74, 6) is 6.79. The fourth-order valence-electron chi connectivity index (χ4n) is 16.9. The summed E-state index contributed by atoms with van der Waals surface area (Å²) in [7, 11) is -1.17. The summed E-state index contributed by atoms with van der Waals surface area (Å²) in [5.41, 5.74) is 6.64. The lowest BCUT2D eigenvalue weighted by molar-refractivity contribution is -0.141. The van der Waals surface area contributed by atoms with Gasteiger partial charge in [0, 0.05) is 72.8 Å². The maximum absolute atomic E-state index is 12.1. The zero-order chi connectivity index (χ0) is 98.3. The van der Waals surface area contributed by atoms with Gasteiger partial charge in [0.1, 0.15) is 88.3 Å². The van der Waals surface area contributed by atoms with Crippen molar-refractivity contribution < 1.29 is 118 Å². The number of unbranched alkanes of at least 4 members (excludes halogenated alkanes) is 13. The predicted octanol–water partition coefficient (Wildman–Crippen LogP) is 26.7. The zero-order valence-corrected chi connectivity index (χ0v) is 83.9. The first kappa shape index (κ1) is 117. The molecule has 5 unspecified atom stereocenters. The fraction of sp³-hybridized carbons (Fsp3) is 0.558. The Balaban J connectivity index is 0.000000290. The Kier molecular flexibility index (Phi) is 56.1. The molecule has 768 valence electrons. The first-order valence-corrected chi connectivity index (χ1v) is 51.1. The lowest BCUT2D eigenvalue weighted by Gasteiger charge is -2.42. The molecular formula is C113H162O25Si. The number of ether oxygens (including phenoxy) is 12. The largest absolute Gasteiger partial charge is 0.526 e. The number of rotatable bonds is 62. The van der Waals surface area contributed by atoms with Crippen molar-refractivity contribution in [2.45, 2.75) is 294 Å². The van der Waals surface area contributed by atoms with E-state index in [2.05, 4.69) is 66.1 Å². The lowest BCUT2D eigenvalue weighted by Crippen LogP contribution is -2.42. The summed E-state index contributed by atoms with van der Waals surface area (Å²) in [6.45, 7) is 35.3. The number of hydrogen-bond acceptors (Lipinski definition) is 25. The molecule has 5 aromatic carbocycles. The Morgan fingerprint density at radius 2 is 0.734 bits per heavy atom. The number of fused-ring (bicyclic) bond motifs is 4. The van der Waals surface area contributed by atoms with Crippen LogP contribution in [-0.4, -0.2) is 147 Å². The van der Waals surface area contributed by atoms with Crippen molar-refractivity contribution in [2.24, 2.45) is 29.6 Å². The van der Waals surface area contributed by atoms with Crippen molar-refractivity contribution in [3.05, 3.63) is 176 Å². The summed E-state index contributed by atoms with van der Waals surface area (Å²) in [4.78, 5) is 47.9. The Morgan fingerprint density at radius 1 is 0.360 bits per heavy atom. The quantitative estimate of drug-likeness (QED) is 0.0105. The molecule has 0 radical (unpaired) electrons. The molecule has 2 aliphatic carbocycles. The zero-order valence-electron chi connectivity index (χ0n) is 82.8. The maximum atomic E-state index is 12.1. The Labute approximate surface area is 828 Å². The SMILES string of the molecule is C.C.C=C(C)C(=O)OCCC1CC(CCCCC)CC(CCOC(=O)C(=C)C)C1Oc1coc2cc(OCCCCO[SiH]=O)ccc12.C=C(C)C(=O)OCCC1CC(CCCCC)CCC1Oc1coc2cc(OCCCCO)ccc12.C=C(C)C(=O)OCCc1cc(CCCCC)ccc1Oc1coc2cc(OCCCCO)ccc12.CCCCCCOc1coc2cc(OCCCCO)ccc12. The van der Waals surface area contributed by atoms with Crippen LogP contribution in [0.4, 0.5) is 0 Å². The first-order valence-electron chi connectivity index (χ1n) is 50.1. The van der Waals surface area contributed by atoms with Crippen molar-refractivity contribution in [3.8, 4) is 51.7 Å². The second kappa shape index (κ2) is 66.8. The van der Waals surface area contributed by atoms with Crippen molar-refractivity contribution in [2.75, 3.05) is 85.9 Å². The molecule has 5 atom stereocenters. The minimum atomic E-state index is -1.17. The Bertz CT molecular complexity index is 5040. The van der Waals surface area contributed by atoms with Gasteiger partial charge in [-0.3, -0.25) is 0 Å². The van der Waals surface area contributed by atoms with Gasteiger partial charge in [-0.1, -0.05) is 164 Å². The molecule has 0 spiro atoms. The number of aryl methyl sites for hydroxylation is 1. The number of benzene rings is 5.